The van der Waals surface area contributed by atoms with E-state index >= 15 is 0 Å². The second-order valence-corrected chi connectivity index (χ2v) is 7.44. The summed E-state index contributed by atoms with van der Waals surface area (Å²) in [5.41, 5.74) is 4.17. The summed E-state index contributed by atoms with van der Waals surface area (Å²) >= 11 is 5.03. The Bertz CT molecular complexity index is 738. The van der Waals surface area contributed by atoms with E-state index in [9.17, 15) is 5.11 Å². The van der Waals surface area contributed by atoms with Crippen molar-refractivity contribution >= 4 is 28.2 Å². The van der Waals surface area contributed by atoms with Gasteiger partial charge >= 0.3 is 0 Å². The van der Waals surface area contributed by atoms with Crippen LogP contribution < -0.4 is 0 Å². The van der Waals surface area contributed by atoms with Gasteiger partial charge in [0, 0.05) is 41.5 Å². The second-order valence-electron chi connectivity index (χ2n) is 7.02. The molecular formula is C18H22N2OS. The fourth-order valence-electron chi connectivity index (χ4n) is 4.55. The molecule has 0 bridgehead atoms. The van der Waals surface area contributed by atoms with E-state index in [2.05, 4.69) is 48.3 Å². The average molecular weight is 314 g/mol. The smallest absolute Gasteiger partial charge is 0.159 e. The SMILES string of the molecule is CC(C(O)=S)[C@@H]1CC2c3cccc4[nH]cc(c34)C[C@H]2N(C)C1. The Morgan fingerprint density at radius 1 is 1.45 bits per heavy atom. The molecule has 1 aliphatic carbocycles. The number of hydrogen-bond acceptors (Lipinski definition) is 2. The summed E-state index contributed by atoms with van der Waals surface area (Å²) in [5, 5.41) is 11.3. The average Bonchev–Trinajstić information content (AvgIpc) is 2.92. The van der Waals surface area contributed by atoms with Gasteiger partial charge in [0.2, 0.25) is 0 Å². The van der Waals surface area contributed by atoms with Crippen LogP contribution in [0.25, 0.3) is 10.9 Å². The largest absolute Gasteiger partial charge is 0.502 e. The highest BCUT2D eigenvalue weighted by Crippen LogP contribution is 2.45. The van der Waals surface area contributed by atoms with E-state index in [0.29, 0.717) is 17.9 Å². The Morgan fingerprint density at radius 3 is 3.05 bits per heavy atom. The first-order valence-corrected chi connectivity index (χ1v) is 8.49. The molecule has 2 aliphatic rings. The number of likely N-dealkylation sites (tertiary alicyclic amines) is 1. The number of hydrogen-bond donors (Lipinski definition) is 2. The van der Waals surface area contributed by atoms with Gasteiger partial charge in [0.05, 0.1) is 0 Å². The number of thiocarbonyl (C=S) groups is 1. The highest BCUT2D eigenvalue weighted by atomic mass is 32.1. The highest BCUT2D eigenvalue weighted by Gasteiger charge is 2.41. The van der Waals surface area contributed by atoms with Crippen molar-refractivity contribution in [3.63, 3.8) is 0 Å². The Morgan fingerprint density at radius 2 is 2.27 bits per heavy atom. The van der Waals surface area contributed by atoms with Crippen LogP contribution in [0.3, 0.4) is 0 Å². The molecule has 116 valence electrons. The van der Waals surface area contributed by atoms with Crippen LogP contribution >= 0.6 is 12.2 Å². The van der Waals surface area contributed by atoms with Gasteiger partial charge in [-0.2, -0.15) is 0 Å². The van der Waals surface area contributed by atoms with Crippen LogP contribution in [0, 0.1) is 11.8 Å². The van der Waals surface area contributed by atoms with Crippen molar-refractivity contribution in [1.29, 1.82) is 0 Å². The first-order valence-electron chi connectivity index (χ1n) is 8.08. The Labute approximate surface area is 136 Å². The fourth-order valence-corrected chi connectivity index (χ4v) is 4.74. The van der Waals surface area contributed by atoms with Crippen LogP contribution in [0.1, 0.15) is 30.4 Å². The molecule has 1 aromatic carbocycles. The topological polar surface area (TPSA) is 39.3 Å². The van der Waals surface area contributed by atoms with E-state index in [1.165, 1.54) is 22.0 Å². The number of benzene rings is 1. The summed E-state index contributed by atoms with van der Waals surface area (Å²) in [4.78, 5) is 5.89. The number of fused-ring (bicyclic) bond motifs is 2. The van der Waals surface area contributed by atoms with E-state index in [0.717, 1.165) is 19.4 Å². The van der Waals surface area contributed by atoms with Gasteiger partial charge in [-0.1, -0.05) is 19.1 Å². The van der Waals surface area contributed by atoms with Crippen molar-refractivity contribution < 1.29 is 5.11 Å². The predicted molar refractivity (Wildman–Crippen MR) is 93.7 cm³/mol. The molecule has 1 aliphatic heterocycles. The second kappa shape index (κ2) is 5.07. The number of nitrogens with zero attached hydrogens (tertiary/aromatic N) is 1. The molecule has 2 aromatic rings. The zero-order chi connectivity index (χ0) is 15.4. The predicted octanol–water partition coefficient (Wildman–Crippen LogP) is 3.65. The zero-order valence-corrected chi connectivity index (χ0v) is 13.9. The lowest BCUT2D eigenvalue weighted by molar-refractivity contribution is 0.0968. The van der Waals surface area contributed by atoms with Gasteiger partial charge in [-0.25, -0.2) is 0 Å². The van der Waals surface area contributed by atoms with Crippen molar-refractivity contribution in [1.82, 2.24) is 9.88 Å². The van der Waals surface area contributed by atoms with E-state index in [1.807, 2.05) is 0 Å². The van der Waals surface area contributed by atoms with E-state index in [4.69, 9.17) is 12.2 Å². The molecule has 0 amide bonds. The maximum absolute atomic E-state index is 9.74. The van der Waals surface area contributed by atoms with E-state index < -0.39 is 0 Å². The molecule has 3 nitrogen and oxygen atoms in total. The fraction of sp³-hybridized carbons (Fsp3) is 0.500. The normalized spacial score (nSPS) is 29.3. The number of aliphatic hydroxyl groups excluding tert-OH is 1. The van der Waals surface area contributed by atoms with Crippen LogP contribution in [0.5, 0.6) is 0 Å². The lowest BCUT2D eigenvalue weighted by atomic mass is 9.70. The first-order chi connectivity index (χ1) is 10.6. The molecule has 4 rings (SSSR count). The van der Waals surface area contributed by atoms with E-state index in [1.54, 1.807) is 0 Å². The van der Waals surface area contributed by atoms with Gasteiger partial charge in [-0.15, -0.1) is 0 Å². The molecular weight excluding hydrogens is 292 g/mol. The summed E-state index contributed by atoms with van der Waals surface area (Å²) in [6, 6.07) is 7.17. The van der Waals surface area contributed by atoms with Crippen molar-refractivity contribution in [2.45, 2.75) is 31.7 Å². The third-order valence-corrected chi connectivity index (χ3v) is 6.23. The summed E-state index contributed by atoms with van der Waals surface area (Å²) in [7, 11) is 2.22. The lowest BCUT2D eigenvalue weighted by Crippen LogP contribution is -2.49. The molecule has 1 fully saturated rings. The molecule has 4 heteroatoms. The van der Waals surface area contributed by atoms with Crippen molar-refractivity contribution in [3.05, 3.63) is 35.5 Å². The Kier molecular flexibility index (Phi) is 3.27. The molecule has 2 heterocycles. The maximum Gasteiger partial charge on any atom is 0.159 e. The molecule has 2 unspecified atom stereocenters. The van der Waals surface area contributed by atoms with Crippen LogP contribution in [0.15, 0.2) is 24.4 Å². The molecule has 22 heavy (non-hydrogen) atoms. The Balaban J connectivity index is 1.76. The highest BCUT2D eigenvalue weighted by molar-refractivity contribution is 7.80. The first kappa shape index (κ1) is 14.2. The van der Waals surface area contributed by atoms with Gasteiger partial charge in [0.15, 0.2) is 5.05 Å². The van der Waals surface area contributed by atoms with Crippen LogP contribution in [-0.2, 0) is 6.42 Å². The van der Waals surface area contributed by atoms with E-state index in [-0.39, 0.29) is 11.0 Å². The third kappa shape index (κ3) is 2.01. The zero-order valence-electron chi connectivity index (χ0n) is 13.0. The van der Waals surface area contributed by atoms with Crippen molar-refractivity contribution in [3.8, 4) is 0 Å². The minimum atomic E-state index is 0.0882. The maximum atomic E-state index is 9.74. The molecule has 1 aromatic heterocycles. The van der Waals surface area contributed by atoms with Crippen molar-refractivity contribution in [2.75, 3.05) is 13.6 Å². The van der Waals surface area contributed by atoms with Gasteiger partial charge in [0.25, 0.3) is 0 Å². The summed E-state index contributed by atoms with van der Waals surface area (Å²) in [6.07, 6.45) is 4.40. The number of likely N-dealkylation sites (N-methyl/N-ethyl adjacent to an activating group) is 1. The van der Waals surface area contributed by atoms with Gasteiger partial charge in [-0.3, -0.25) is 0 Å². The number of piperidine rings is 1. The van der Waals surface area contributed by atoms with Crippen LogP contribution in [0.4, 0.5) is 0 Å². The van der Waals surface area contributed by atoms with Crippen LogP contribution in [-0.4, -0.2) is 39.7 Å². The van der Waals surface area contributed by atoms with Gasteiger partial charge < -0.3 is 15.0 Å². The lowest BCUT2D eigenvalue weighted by Gasteiger charge is -2.46. The number of aliphatic hydroxyl groups is 1. The number of nitrogens with one attached hydrogen (secondary N) is 1. The molecule has 0 saturated carbocycles. The van der Waals surface area contributed by atoms with Crippen molar-refractivity contribution in [2.24, 2.45) is 11.8 Å². The number of rotatable bonds is 2. The van der Waals surface area contributed by atoms with Crippen LogP contribution in [0.2, 0.25) is 0 Å². The van der Waals surface area contributed by atoms with Gasteiger partial charge in [-0.05, 0) is 55.2 Å². The number of H-pyrrole nitrogens is 1. The molecule has 2 N–H and O–H groups in total. The molecule has 1 saturated heterocycles. The number of aromatic nitrogens is 1. The number of aromatic amines is 1. The molecule has 4 atom stereocenters. The standard InChI is InChI=1S/C18H22N2OS/c1-10(18(21)22)12-6-14-13-4-3-5-15-17(13)11(8-19-15)7-16(14)20(2)9-12/h3-5,8,10,12,14,16,19H,6-7,9H2,1-2H3,(H,21,22)/t10?,12-,14?,16-/m1/s1. The summed E-state index contributed by atoms with van der Waals surface area (Å²) in [5.74, 6) is 1.05. The molecule has 0 radical (unpaired) electrons. The monoisotopic (exact) mass is 314 g/mol. The third-order valence-electron chi connectivity index (χ3n) is 5.85. The summed E-state index contributed by atoms with van der Waals surface area (Å²) in [6.45, 7) is 3.07. The molecule has 0 spiro atoms. The summed E-state index contributed by atoms with van der Waals surface area (Å²) < 4.78 is 0. The quantitative estimate of drug-likeness (QED) is 0.831. The minimum Gasteiger partial charge on any atom is -0.502 e. The Hall–Kier alpha value is -1.39. The minimum absolute atomic E-state index is 0.0882. The van der Waals surface area contributed by atoms with Gasteiger partial charge in [0.1, 0.15) is 0 Å².